The molecule has 0 N–H and O–H groups in total. The van der Waals surface area contributed by atoms with Crippen LogP contribution < -0.4 is 0 Å². The molecule has 1 heterocycles. The lowest BCUT2D eigenvalue weighted by atomic mass is 9.91. The summed E-state index contributed by atoms with van der Waals surface area (Å²) in [6.45, 7) is 7.78. The van der Waals surface area contributed by atoms with Gasteiger partial charge in [-0.2, -0.15) is 19.2 Å². The number of hydrogen-bond acceptors (Lipinski definition) is 5. The van der Waals surface area contributed by atoms with Crippen molar-refractivity contribution in [1.29, 1.82) is 0 Å². The third kappa shape index (κ3) is 6.88. The maximum absolute atomic E-state index is 11.8. The Morgan fingerprint density at radius 1 is 1.00 bits per heavy atom. The summed E-state index contributed by atoms with van der Waals surface area (Å²) in [5.41, 5.74) is -0.419. The summed E-state index contributed by atoms with van der Waals surface area (Å²) in [5.74, 6) is 0.348. The number of rotatable bonds is 3. The molecule has 0 aliphatic carbocycles. The maximum atomic E-state index is 11.8. The van der Waals surface area contributed by atoms with Crippen LogP contribution >= 0.6 is 0 Å². The molecule has 1 aromatic heterocycles. The first kappa shape index (κ1) is 19.1. The monoisotopic (exact) mass is 267 g/mol. The Kier molecular flexibility index (Phi) is 9.74. The molecule has 1 rings (SSSR count). The zero-order chi connectivity index (χ0) is 15.5. The Bertz CT molecular complexity index is 422. The van der Waals surface area contributed by atoms with Crippen LogP contribution in [-0.4, -0.2) is 22.7 Å². The highest BCUT2D eigenvalue weighted by molar-refractivity contribution is 5.87. The molecule has 0 radical (unpaired) electrons. The molecule has 1 aromatic rings. The van der Waals surface area contributed by atoms with Crippen LogP contribution in [0.15, 0.2) is 24.5 Å². The molecule has 0 aromatic carbocycles. The van der Waals surface area contributed by atoms with Crippen LogP contribution in [0, 0.1) is 5.92 Å². The molecule has 6 heteroatoms. The maximum Gasteiger partial charge on any atom is 0.373 e. The van der Waals surface area contributed by atoms with Gasteiger partial charge >= 0.3 is 12.3 Å². The van der Waals surface area contributed by atoms with Crippen molar-refractivity contribution >= 4 is 18.1 Å². The highest BCUT2D eigenvalue weighted by Gasteiger charge is 2.30. The average Bonchev–Trinajstić information content (AvgIpc) is 2.84. The minimum atomic E-state index is -0.419. The van der Waals surface area contributed by atoms with Gasteiger partial charge in [0.2, 0.25) is 0 Å². The predicted molar refractivity (Wildman–Crippen MR) is 63.6 cm³/mol. The van der Waals surface area contributed by atoms with E-state index in [4.69, 9.17) is 19.2 Å². The van der Waals surface area contributed by atoms with Gasteiger partial charge in [-0.1, -0.05) is 13.8 Å². The van der Waals surface area contributed by atoms with E-state index in [9.17, 15) is 4.79 Å². The number of carbonyl (C=O) groups excluding carboxylic acids is 5. The lowest BCUT2D eigenvalue weighted by molar-refractivity contribution is -0.193. The molecule has 0 amide bonds. The van der Waals surface area contributed by atoms with Crippen molar-refractivity contribution in [2.24, 2.45) is 5.92 Å². The topological polar surface area (TPSA) is 90.3 Å². The molecule has 0 aliphatic rings. The molecule has 0 fully saturated rings. The van der Waals surface area contributed by atoms with Gasteiger partial charge in [0, 0.05) is 18.3 Å². The Morgan fingerprint density at radius 2 is 1.32 bits per heavy atom. The lowest BCUT2D eigenvalue weighted by Gasteiger charge is -2.27. The second-order valence-electron chi connectivity index (χ2n) is 4.33. The minimum Gasteiger partial charge on any atom is -0.342 e. The molecule has 104 valence electrons. The van der Waals surface area contributed by atoms with Crippen LogP contribution in [0.5, 0.6) is 0 Å². The van der Waals surface area contributed by atoms with E-state index in [-0.39, 0.29) is 24.0 Å². The average molecular weight is 267 g/mol. The van der Waals surface area contributed by atoms with Crippen LogP contribution in [-0.2, 0) is 29.5 Å². The van der Waals surface area contributed by atoms with Crippen molar-refractivity contribution in [1.82, 2.24) is 4.57 Å². The largest absolute Gasteiger partial charge is 0.373 e. The van der Waals surface area contributed by atoms with Crippen LogP contribution in [0.2, 0.25) is 0 Å². The molecule has 0 aliphatic heterocycles. The van der Waals surface area contributed by atoms with E-state index >= 15 is 0 Å². The standard InChI is InChI=1S/C11H17NO.2CO2/c1-9(2)10(13)11(3,4)12-7-5-6-8-12;2*2-1-3/h5-9H,1-4H3;;. The number of Topliss-reactive ketones (excluding diaryl/α,β-unsaturated/α-hetero) is 1. The van der Waals surface area contributed by atoms with E-state index in [1.165, 1.54) is 0 Å². The number of carbonyl (C=O) groups is 1. The quantitative estimate of drug-likeness (QED) is 0.822. The number of nitrogens with zero attached hydrogens (tertiary/aromatic N) is 1. The molecule has 0 unspecified atom stereocenters. The van der Waals surface area contributed by atoms with Gasteiger partial charge in [0.25, 0.3) is 0 Å². The highest BCUT2D eigenvalue weighted by Crippen LogP contribution is 2.20. The molecule has 19 heavy (non-hydrogen) atoms. The summed E-state index contributed by atoms with van der Waals surface area (Å²) in [6.07, 6.45) is 4.36. The zero-order valence-corrected chi connectivity index (χ0v) is 11.4. The van der Waals surface area contributed by atoms with Gasteiger partial charge in [0.05, 0.1) is 5.54 Å². The SMILES string of the molecule is CC(C)C(=O)C(C)(C)n1cccc1.O=C=O.O=C=O. The van der Waals surface area contributed by atoms with E-state index in [1.54, 1.807) is 0 Å². The van der Waals surface area contributed by atoms with Gasteiger partial charge in [-0.05, 0) is 26.0 Å². The Morgan fingerprint density at radius 3 is 1.58 bits per heavy atom. The normalized spacial score (nSPS) is 9.11. The van der Waals surface area contributed by atoms with E-state index in [2.05, 4.69) is 0 Å². The van der Waals surface area contributed by atoms with E-state index in [0.717, 1.165) is 0 Å². The molecular weight excluding hydrogens is 250 g/mol. The van der Waals surface area contributed by atoms with Gasteiger partial charge in [0.15, 0.2) is 5.78 Å². The van der Waals surface area contributed by atoms with Gasteiger partial charge < -0.3 is 4.57 Å². The van der Waals surface area contributed by atoms with E-state index < -0.39 is 5.54 Å². The fourth-order valence-electron chi connectivity index (χ4n) is 1.54. The molecule has 0 spiro atoms. The second-order valence-corrected chi connectivity index (χ2v) is 4.33. The summed E-state index contributed by atoms with van der Waals surface area (Å²) in [6, 6.07) is 3.88. The molecule has 0 saturated carbocycles. The first-order chi connectivity index (χ1) is 8.79. The Labute approximate surface area is 111 Å². The van der Waals surface area contributed by atoms with Gasteiger partial charge in [-0.15, -0.1) is 0 Å². The summed E-state index contributed by atoms with van der Waals surface area (Å²) < 4.78 is 1.95. The smallest absolute Gasteiger partial charge is 0.342 e. The number of hydrogen-bond donors (Lipinski definition) is 0. The predicted octanol–water partition coefficient (Wildman–Crippen LogP) is 1.28. The molecular formula is C13H17NO5. The molecule has 0 saturated heterocycles. The summed E-state index contributed by atoms with van der Waals surface area (Å²) in [7, 11) is 0. The van der Waals surface area contributed by atoms with Crippen molar-refractivity contribution in [3.8, 4) is 0 Å². The van der Waals surface area contributed by atoms with Crippen molar-refractivity contribution < 1.29 is 24.0 Å². The van der Waals surface area contributed by atoms with Crippen LogP contribution in [0.1, 0.15) is 27.7 Å². The van der Waals surface area contributed by atoms with Crippen LogP contribution in [0.3, 0.4) is 0 Å². The van der Waals surface area contributed by atoms with E-state index in [1.807, 2.05) is 56.8 Å². The number of aromatic nitrogens is 1. The third-order valence-corrected chi connectivity index (χ3v) is 2.38. The summed E-state index contributed by atoms with van der Waals surface area (Å²) in [5, 5.41) is 0. The first-order valence-electron chi connectivity index (χ1n) is 5.45. The van der Waals surface area contributed by atoms with Crippen molar-refractivity contribution in [2.75, 3.05) is 0 Å². The van der Waals surface area contributed by atoms with Gasteiger partial charge in [-0.25, -0.2) is 0 Å². The zero-order valence-electron chi connectivity index (χ0n) is 11.4. The van der Waals surface area contributed by atoms with E-state index in [0.29, 0.717) is 0 Å². The molecule has 6 nitrogen and oxygen atoms in total. The lowest BCUT2D eigenvalue weighted by Crippen LogP contribution is -2.37. The third-order valence-electron chi connectivity index (χ3n) is 2.38. The van der Waals surface area contributed by atoms with Crippen molar-refractivity contribution in [2.45, 2.75) is 33.2 Å². The van der Waals surface area contributed by atoms with Crippen LogP contribution in [0.25, 0.3) is 0 Å². The van der Waals surface area contributed by atoms with Crippen LogP contribution in [0.4, 0.5) is 0 Å². The Hall–Kier alpha value is -2.29. The van der Waals surface area contributed by atoms with Gasteiger partial charge in [0.1, 0.15) is 0 Å². The highest BCUT2D eigenvalue weighted by atomic mass is 16.2. The minimum absolute atomic E-state index is 0.0809. The fourth-order valence-corrected chi connectivity index (χ4v) is 1.54. The fraction of sp³-hybridized carbons (Fsp3) is 0.462. The first-order valence-corrected chi connectivity index (χ1v) is 5.45. The second kappa shape index (κ2) is 9.71. The molecule has 0 atom stereocenters. The van der Waals surface area contributed by atoms with Gasteiger partial charge in [-0.3, -0.25) is 4.79 Å². The summed E-state index contributed by atoms with van der Waals surface area (Å²) >= 11 is 0. The van der Waals surface area contributed by atoms with Crippen molar-refractivity contribution in [3.05, 3.63) is 24.5 Å². The van der Waals surface area contributed by atoms with Crippen molar-refractivity contribution in [3.63, 3.8) is 0 Å². The Balaban J connectivity index is 0. The summed E-state index contributed by atoms with van der Waals surface area (Å²) in [4.78, 5) is 44.3. The molecule has 0 bridgehead atoms. The number of ketones is 1.